The lowest BCUT2D eigenvalue weighted by molar-refractivity contribution is 0.470. The molecule has 3 heterocycles. The molecule has 10 heteroatoms. The van der Waals surface area contributed by atoms with Crippen LogP contribution in [-0.4, -0.2) is 29.3 Å². The van der Waals surface area contributed by atoms with Gasteiger partial charge in [0.15, 0.2) is 5.65 Å². The van der Waals surface area contributed by atoms with E-state index in [1.165, 1.54) is 18.8 Å². The number of aryl methyl sites for hydroxylation is 2. The van der Waals surface area contributed by atoms with E-state index in [2.05, 4.69) is 20.2 Å². The fourth-order valence-corrected chi connectivity index (χ4v) is 3.79. The minimum atomic E-state index is -0.404. The SMILES string of the molecule is CCCn1c(=O)n(C)c(=O)c2c(SC(C)c3nnc(C)o3)nc(C(C)C)nc21. The van der Waals surface area contributed by atoms with Crippen LogP contribution in [0.1, 0.15) is 62.9 Å². The Morgan fingerprint density at radius 3 is 2.43 bits per heavy atom. The van der Waals surface area contributed by atoms with E-state index in [4.69, 9.17) is 4.42 Å². The van der Waals surface area contributed by atoms with Crippen LogP contribution >= 0.6 is 11.8 Å². The van der Waals surface area contributed by atoms with Gasteiger partial charge in [0.25, 0.3) is 5.56 Å². The van der Waals surface area contributed by atoms with Crippen LogP contribution in [0.3, 0.4) is 0 Å². The first-order valence-electron chi connectivity index (χ1n) is 9.22. The molecule has 0 amide bonds. The highest BCUT2D eigenvalue weighted by molar-refractivity contribution is 7.99. The van der Waals surface area contributed by atoms with Crippen molar-refractivity contribution >= 4 is 22.8 Å². The van der Waals surface area contributed by atoms with E-state index in [1.807, 2.05) is 27.7 Å². The highest BCUT2D eigenvalue weighted by Crippen LogP contribution is 2.36. The van der Waals surface area contributed by atoms with Crippen molar-refractivity contribution in [1.82, 2.24) is 29.3 Å². The van der Waals surface area contributed by atoms with E-state index >= 15 is 0 Å². The third kappa shape index (κ3) is 3.60. The summed E-state index contributed by atoms with van der Waals surface area (Å²) in [5.41, 5.74) is -0.395. The van der Waals surface area contributed by atoms with Crippen molar-refractivity contribution in [2.24, 2.45) is 7.05 Å². The van der Waals surface area contributed by atoms with Crippen LogP contribution in [0.15, 0.2) is 19.0 Å². The Hall–Kier alpha value is -2.49. The van der Waals surface area contributed by atoms with Gasteiger partial charge in [-0.25, -0.2) is 14.8 Å². The van der Waals surface area contributed by atoms with E-state index in [0.29, 0.717) is 40.2 Å². The van der Waals surface area contributed by atoms with Crippen molar-refractivity contribution in [1.29, 1.82) is 0 Å². The maximum absolute atomic E-state index is 12.9. The van der Waals surface area contributed by atoms with Gasteiger partial charge in [0, 0.05) is 26.4 Å². The lowest BCUT2D eigenvalue weighted by atomic mass is 10.2. The van der Waals surface area contributed by atoms with Crippen molar-refractivity contribution in [2.75, 3.05) is 0 Å². The quantitative estimate of drug-likeness (QED) is 0.455. The molecule has 0 saturated heterocycles. The minimum absolute atomic E-state index is 0.0407. The molecule has 0 spiro atoms. The van der Waals surface area contributed by atoms with Crippen LogP contribution in [0.2, 0.25) is 0 Å². The Labute approximate surface area is 166 Å². The summed E-state index contributed by atoms with van der Waals surface area (Å²) >= 11 is 1.35. The first-order valence-corrected chi connectivity index (χ1v) is 10.1. The predicted octanol–water partition coefficient (Wildman–Crippen LogP) is 2.57. The Kier molecular flexibility index (Phi) is 5.69. The van der Waals surface area contributed by atoms with Gasteiger partial charge in [0.05, 0.1) is 5.25 Å². The van der Waals surface area contributed by atoms with Crippen molar-refractivity contribution in [3.8, 4) is 0 Å². The molecule has 9 nitrogen and oxygen atoms in total. The fourth-order valence-electron chi connectivity index (χ4n) is 2.82. The molecule has 0 aliphatic carbocycles. The molecule has 0 fully saturated rings. The van der Waals surface area contributed by atoms with Crippen molar-refractivity contribution in [3.63, 3.8) is 0 Å². The maximum atomic E-state index is 12.9. The third-order valence-electron chi connectivity index (χ3n) is 4.31. The summed E-state index contributed by atoms with van der Waals surface area (Å²) in [5.74, 6) is 1.56. The summed E-state index contributed by atoms with van der Waals surface area (Å²) < 4.78 is 8.18. The highest BCUT2D eigenvalue weighted by atomic mass is 32.2. The van der Waals surface area contributed by atoms with Gasteiger partial charge in [-0.05, 0) is 13.3 Å². The molecule has 0 N–H and O–H groups in total. The molecule has 1 atom stereocenters. The lowest BCUT2D eigenvalue weighted by Crippen LogP contribution is -2.39. The first-order chi connectivity index (χ1) is 13.2. The molecule has 3 rings (SSSR count). The first kappa shape index (κ1) is 20.2. The van der Waals surface area contributed by atoms with Gasteiger partial charge in [-0.1, -0.05) is 32.5 Å². The van der Waals surface area contributed by atoms with Gasteiger partial charge in [-0.15, -0.1) is 10.2 Å². The zero-order valence-corrected chi connectivity index (χ0v) is 17.7. The maximum Gasteiger partial charge on any atom is 0.332 e. The summed E-state index contributed by atoms with van der Waals surface area (Å²) in [6.45, 7) is 10.0. The standard InChI is InChI=1S/C18H24N6O3S/c1-7-8-24-14-12(17(25)23(6)18(24)26)16(20-13(19-14)9(2)3)28-10(4)15-22-21-11(5)27-15/h9-10H,7-8H2,1-6H3. The van der Waals surface area contributed by atoms with Gasteiger partial charge in [0.2, 0.25) is 11.8 Å². The van der Waals surface area contributed by atoms with Crippen LogP contribution in [0, 0.1) is 6.92 Å². The molecule has 0 aromatic carbocycles. The number of nitrogens with zero attached hydrogens (tertiary/aromatic N) is 6. The minimum Gasteiger partial charge on any atom is -0.424 e. The van der Waals surface area contributed by atoms with Crippen LogP contribution < -0.4 is 11.2 Å². The lowest BCUT2D eigenvalue weighted by Gasteiger charge is -2.16. The predicted molar refractivity (Wildman–Crippen MR) is 107 cm³/mol. The van der Waals surface area contributed by atoms with Crippen LogP contribution in [0.4, 0.5) is 0 Å². The molecule has 1 unspecified atom stereocenters. The topological polar surface area (TPSA) is 109 Å². The number of hydrogen-bond acceptors (Lipinski definition) is 8. The van der Waals surface area contributed by atoms with E-state index in [-0.39, 0.29) is 16.9 Å². The molecular weight excluding hydrogens is 380 g/mol. The molecule has 0 aliphatic heterocycles. The second-order valence-electron chi connectivity index (χ2n) is 6.96. The van der Waals surface area contributed by atoms with Crippen LogP contribution in [0.5, 0.6) is 0 Å². The molecule has 0 bridgehead atoms. The van der Waals surface area contributed by atoms with Gasteiger partial charge in [-0.3, -0.25) is 13.9 Å². The van der Waals surface area contributed by atoms with E-state index in [0.717, 1.165) is 11.0 Å². The van der Waals surface area contributed by atoms with Crippen molar-refractivity contribution in [3.05, 3.63) is 38.4 Å². The zero-order valence-electron chi connectivity index (χ0n) is 16.9. The van der Waals surface area contributed by atoms with Crippen LogP contribution in [0.25, 0.3) is 11.0 Å². The zero-order chi connectivity index (χ0) is 20.6. The summed E-state index contributed by atoms with van der Waals surface area (Å²) in [6, 6.07) is 0. The Morgan fingerprint density at radius 2 is 1.86 bits per heavy atom. The second-order valence-corrected chi connectivity index (χ2v) is 8.29. The van der Waals surface area contributed by atoms with Gasteiger partial charge in [-0.2, -0.15) is 0 Å². The monoisotopic (exact) mass is 404 g/mol. The summed E-state index contributed by atoms with van der Waals surface area (Å²) in [7, 11) is 1.48. The molecule has 0 aliphatic rings. The van der Waals surface area contributed by atoms with E-state index < -0.39 is 5.56 Å². The molecule has 28 heavy (non-hydrogen) atoms. The smallest absolute Gasteiger partial charge is 0.332 e. The Bertz CT molecular complexity index is 1130. The van der Waals surface area contributed by atoms with E-state index in [1.54, 1.807) is 11.5 Å². The number of thioether (sulfide) groups is 1. The summed E-state index contributed by atoms with van der Waals surface area (Å²) in [6.07, 6.45) is 0.744. The molecule has 150 valence electrons. The molecule has 3 aromatic heterocycles. The average Bonchev–Trinajstić information content (AvgIpc) is 3.09. The largest absolute Gasteiger partial charge is 0.424 e. The average molecular weight is 404 g/mol. The third-order valence-corrected chi connectivity index (χ3v) is 5.38. The van der Waals surface area contributed by atoms with E-state index in [9.17, 15) is 9.59 Å². The molecular formula is C18H24N6O3S. The van der Waals surface area contributed by atoms with Gasteiger partial charge in [0.1, 0.15) is 16.2 Å². The second kappa shape index (κ2) is 7.86. The summed E-state index contributed by atoms with van der Waals surface area (Å²) in [4.78, 5) is 34.8. The highest BCUT2D eigenvalue weighted by Gasteiger charge is 2.23. The number of fused-ring (bicyclic) bond motifs is 1. The number of hydrogen-bond donors (Lipinski definition) is 0. The normalized spacial score (nSPS) is 12.8. The van der Waals surface area contributed by atoms with Crippen molar-refractivity contribution in [2.45, 2.75) is 63.8 Å². The van der Waals surface area contributed by atoms with Gasteiger partial charge >= 0.3 is 5.69 Å². The Balaban J connectivity index is 2.28. The molecule has 0 radical (unpaired) electrons. The summed E-state index contributed by atoms with van der Waals surface area (Å²) in [5, 5.41) is 8.57. The molecule has 0 saturated carbocycles. The Morgan fingerprint density at radius 1 is 1.14 bits per heavy atom. The fraction of sp³-hybridized carbons (Fsp3) is 0.556. The number of rotatable bonds is 6. The number of aromatic nitrogens is 6. The van der Waals surface area contributed by atoms with Gasteiger partial charge < -0.3 is 4.42 Å². The molecule has 3 aromatic rings. The van der Waals surface area contributed by atoms with Crippen LogP contribution in [-0.2, 0) is 13.6 Å². The van der Waals surface area contributed by atoms with Crippen molar-refractivity contribution < 1.29 is 4.42 Å².